The Morgan fingerprint density at radius 2 is 2.10 bits per heavy atom. The summed E-state index contributed by atoms with van der Waals surface area (Å²) < 4.78 is 5.31. The molecule has 2 aromatic rings. The fraction of sp³-hybridized carbons (Fsp3) is 0.125. The zero-order valence-electron chi connectivity index (χ0n) is 11.6. The maximum atomic E-state index is 11.1. The third kappa shape index (κ3) is 3.60. The van der Waals surface area contributed by atoms with Gasteiger partial charge < -0.3 is 15.6 Å². The van der Waals surface area contributed by atoms with Gasteiger partial charge in [-0.1, -0.05) is 12.1 Å². The molecule has 0 unspecified atom stereocenters. The van der Waals surface area contributed by atoms with Gasteiger partial charge in [-0.2, -0.15) is 0 Å². The van der Waals surface area contributed by atoms with Crippen LogP contribution in [0.5, 0.6) is 11.5 Å². The van der Waals surface area contributed by atoms with Gasteiger partial charge in [-0.25, -0.2) is 0 Å². The SMILES string of the molecule is CCOc1cccc(C=Nc2cccc(C(N)=O)c2)c1O. The number of primary amides is 1. The molecule has 1 amide bonds. The van der Waals surface area contributed by atoms with E-state index in [4.69, 9.17) is 10.5 Å². The van der Waals surface area contributed by atoms with Crippen LogP contribution in [0, 0.1) is 0 Å². The highest BCUT2D eigenvalue weighted by atomic mass is 16.5. The molecule has 0 bridgehead atoms. The van der Waals surface area contributed by atoms with E-state index in [0.717, 1.165) is 0 Å². The Morgan fingerprint density at radius 3 is 2.81 bits per heavy atom. The molecule has 2 aromatic carbocycles. The average Bonchev–Trinajstić information content (AvgIpc) is 2.48. The Bertz CT molecular complexity index is 681. The first-order chi connectivity index (χ1) is 10.1. The number of carbonyl (C=O) groups is 1. The quantitative estimate of drug-likeness (QED) is 0.828. The van der Waals surface area contributed by atoms with Gasteiger partial charge in [0.1, 0.15) is 0 Å². The number of rotatable bonds is 5. The van der Waals surface area contributed by atoms with Crippen molar-refractivity contribution in [3.8, 4) is 11.5 Å². The molecule has 0 aliphatic carbocycles. The summed E-state index contributed by atoms with van der Waals surface area (Å²) >= 11 is 0. The molecule has 0 heterocycles. The number of hydrogen-bond acceptors (Lipinski definition) is 4. The molecule has 0 saturated heterocycles. The molecule has 0 radical (unpaired) electrons. The van der Waals surface area contributed by atoms with Gasteiger partial charge in [0.05, 0.1) is 12.3 Å². The van der Waals surface area contributed by atoms with Crippen molar-refractivity contribution in [3.63, 3.8) is 0 Å². The monoisotopic (exact) mass is 284 g/mol. The lowest BCUT2D eigenvalue weighted by Gasteiger charge is -2.07. The molecule has 0 atom stereocenters. The van der Waals surface area contributed by atoms with E-state index in [1.807, 2.05) is 6.92 Å². The number of phenols is 1. The van der Waals surface area contributed by atoms with Crippen LogP contribution in [0.2, 0.25) is 0 Å². The first-order valence-electron chi connectivity index (χ1n) is 6.50. The Balaban J connectivity index is 2.27. The fourth-order valence-corrected chi connectivity index (χ4v) is 1.80. The molecule has 0 spiro atoms. The number of nitrogens with two attached hydrogens (primary N) is 1. The number of nitrogens with zero attached hydrogens (tertiary/aromatic N) is 1. The Labute approximate surface area is 122 Å². The zero-order chi connectivity index (χ0) is 15.2. The number of hydrogen-bond donors (Lipinski definition) is 2. The summed E-state index contributed by atoms with van der Waals surface area (Å²) in [5.74, 6) is -0.0604. The molecule has 5 heteroatoms. The summed E-state index contributed by atoms with van der Waals surface area (Å²) in [5, 5.41) is 10.1. The number of aliphatic imine (C=N–C) groups is 1. The van der Waals surface area contributed by atoms with Crippen LogP contribution in [0.4, 0.5) is 5.69 Å². The second-order valence-corrected chi connectivity index (χ2v) is 4.30. The average molecular weight is 284 g/mol. The predicted octanol–water partition coefficient (Wildman–Crippen LogP) is 2.64. The highest BCUT2D eigenvalue weighted by Gasteiger charge is 2.06. The van der Waals surface area contributed by atoms with Crippen molar-refractivity contribution in [2.75, 3.05) is 6.61 Å². The number of ether oxygens (including phenoxy) is 1. The van der Waals surface area contributed by atoms with Crippen LogP contribution in [0.1, 0.15) is 22.8 Å². The molecule has 5 nitrogen and oxygen atoms in total. The maximum absolute atomic E-state index is 11.1. The van der Waals surface area contributed by atoms with Crippen molar-refractivity contribution in [2.24, 2.45) is 10.7 Å². The number of benzene rings is 2. The number of phenolic OH excluding ortho intramolecular Hbond substituents is 1. The van der Waals surface area contributed by atoms with Crippen LogP contribution in [0.3, 0.4) is 0 Å². The van der Waals surface area contributed by atoms with Crippen LogP contribution in [-0.2, 0) is 0 Å². The standard InChI is InChI=1S/C16H16N2O3/c1-2-21-14-8-4-6-12(15(14)19)10-18-13-7-3-5-11(9-13)16(17)20/h3-10,19H,2H2,1H3,(H2,17,20). The Kier molecular flexibility index (Phi) is 4.56. The largest absolute Gasteiger partial charge is 0.504 e. The third-order valence-corrected chi connectivity index (χ3v) is 2.81. The van der Waals surface area contributed by atoms with Crippen LogP contribution in [-0.4, -0.2) is 23.8 Å². The van der Waals surface area contributed by atoms with Crippen LogP contribution >= 0.6 is 0 Å². The van der Waals surface area contributed by atoms with Gasteiger partial charge in [0.25, 0.3) is 0 Å². The topological polar surface area (TPSA) is 84.9 Å². The van der Waals surface area contributed by atoms with Crippen LogP contribution in [0.15, 0.2) is 47.5 Å². The summed E-state index contributed by atoms with van der Waals surface area (Å²) in [6.45, 7) is 2.31. The highest BCUT2D eigenvalue weighted by molar-refractivity contribution is 5.94. The molecule has 108 valence electrons. The summed E-state index contributed by atoms with van der Waals surface area (Å²) in [5.41, 5.74) is 6.72. The van der Waals surface area contributed by atoms with Crippen molar-refractivity contribution >= 4 is 17.8 Å². The van der Waals surface area contributed by atoms with Gasteiger partial charge >= 0.3 is 0 Å². The normalized spacial score (nSPS) is 10.7. The molecule has 2 rings (SSSR count). The van der Waals surface area contributed by atoms with E-state index < -0.39 is 5.91 Å². The van der Waals surface area contributed by atoms with E-state index in [2.05, 4.69) is 4.99 Å². The van der Waals surface area contributed by atoms with Crippen molar-refractivity contribution in [3.05, 3.63) is 53.6 Å². The van der Waals surface area contributed by atoms with Crippen LogP contribution < -0.4 is 10.5 Å². The van der Waals surface area contributed by atoms with Gasteiger partial charge in [0, 0.05) is 17.3 Å². The minimum absolute atomic E-state index is 0.0363. The van der Waals surface area contributed by atoms with Crippen molar-refractivity contribution < 1.29 is 14.6 Å². The second-order valence-electron chi connectivity index (χ2n) is 4.30. The molecule has 0 aromatic heterocycles. The van der Waals surface area contributed by atoms with Gasteiger partial charge in [-0.3, -0.25) is 9.79 Å². The Hall–Kier alpha value is -2.82. The van der Waals surface area contributed by atoms with Crippen molar-refractivity contribution in [1.82, 2.24) is 0 Å². The minimum atomic E-state index is -0.506. The molecule has 0 saturated carbocycles. The van der Waals surface area contributed by atoms with E-state index in [1.165, 1.54) is 6.21 Å². The molecule has 0 aliphatic rings. The molecular weight excluding hydrogens is 268 g/mol. The lowest BCUT2D eigenvalue weighted by Crippen LogP contribution is -2.10. The van der Waals surface area contributed by atoms with Gasteiger partial charge in [-0.15, -0.1) is 0 Å². The highest BCUT2D eigenvalue weighted by Crippen LogP contribution is 2.29. The van der Waals surface area contributed by atoms with Gasteiger partial charge in [0.15, 0.2) is 11.5 Å². The lowest BCUT2D eigenvalue weighted by molar-refractivity contribution is 0.100. The van der Waals surface area contributed by atoms with Crippen LogP contribution in [0.25, 0.3) is 0 Å². The smallest absolute Gasteiger partial charge is 0.248 e. The lowest BCUT2D eigenvalue weighted by atomic mass is 10.2. The second kappa shape index (κ2) is 6.56. The van der Waals surface area contributed by atoms with Gasteiger partial charge in [-0.05, 0) is 37.3 Å². The maximum Gasteiger partial charge on any atom is 0.248 e. The van der Waals surface area contributed by atoms with E-state index in [1.54, 1.807) is 42.5 Å². The molecule has 3 N–H and O–H groups in total. The summed E-state index contributed by atoms with van der Waals surface area (Å²) in [4.78, 5) is 15.3. The third-order valence-electron chi connectivity index (χ3n) is 2.81. The van der Waals surface area contributed by atoms with E-state index >= 15 is 0 Å². The van der Waals surface area contributed by atoms with Gasteiger partial charge in [0.2, 0.25) is 5.91 Å². The minimum Gasteiger partial charge on any atom is -0.504 e. The predicted molar refractivity (Wildman–Crippen MR) is 81.5 cm³/mol. The van der Waals surface area contributed by atoms with Crippen molar-refractivity contribution in [1.29, 1.82) is 0 Å². The van der Waals surface area contributed by atoms with Crippen molar-refractivity contribution in [2.45, 2.75) is 6.92 Å². The first-order valence-corrected chi connectivity index (χ1v) is 6.50. The van der Waals surface area contributed by atoms with E-state index in [-0.39, 0.29) is 5.75 Å². The number of para-hydroxylation sites is 1. The zero-order valence-corrected chi connectivity index (χ0v) is 11.6. The molecule has 0 aliphatic heterocycles. The fourth-order valence-electron chi connectivity index (χ4n) is 1.80. The number of amides is 1. The van der Waals surface area contributed by atoms with E-state index in [9.17, 15) is 9.90 Å². The molecule has 21 heavy (non-hydrogen) atoms. The number of aromatic hydroxyl groups is 1. The Morgan fingerprint density at radius 1 is 1.33 bits per heavy atom. The summed E-state index contributed by atoms with van der Waals surface area (Å²) in [6, 6.07) is 11.8. The summed E-state index contributed by atoms with van der Waals surface area (Å²) in [6.07, 6.45) is 1.51. The number of carbonyl (C=O) groups excluding carboxylic acids is 1. The molecular formula is C16H16N2O3. The first kappa shape index (κ1) is 14.6. The summed E-state index contributed by atoms with van der Waals surface area (Å²) in [7, 11) is 0. The van der Waals surface area contributed by atoms with E-state index in [0.29, 0.717) is 29.2 Å². The molecule has 0 fully saturated rings.